The van der Waals surface area contributed by atoms with Crippen LogP contribution in [0.25, 0.3) is 49.7 Å². The van der Waals surface area contributed by atoms with Gasteiger partial charge in [-0.15, -0.1) is 0 Å². The van der Waals surface area contributed by atoms with Gasteiger partial charge in [-0.3, -0.25) is 0 Å². The predicted octanol–water partition coefficient (Wildman–Crippen LogP) is 7.73. The van der Waals surface area contributed by atoms with E-state index in [0.717, 1.165) is 44.2 Å². The highest BCUT2D eigenvalue weighted by molar-refractivity contribution is 6.17. The van der Waals surface area contributed by atoms with Crippen molar-refractivity contribution < 1.29 is 0 Å². The Morgan fingerprint density at radius 3 is 1.86 bits per heavy atom. The lowest BCUT2D eigenvalue weighted by Gasteiger charge is -2.10. The van der Waals surface area contributed by atoms with Crippen molar-refractivity contribution in [1.82, 2.24) is 4.57 Å². The summed E-state index contributed by atoms with van der Waals surface area (Å²) in [5.74, 6) is 0. The van der Waals surface area contributed by atoms with E-state index >= 15 is 0 Å². The standard InChI is InChI=1S/C33H18N4/c34-19-23-8-4-5-13-27(23)22-16-17-28-31(18-22)37(26-11-2-1-3-12-26)30-15-7-14-29(33(28)30)32-24(20-35)9-6-10-25(32)21-36/h1-18H. The molecule has 0 aliphatic heterocycles. The zero-order valence-electron chi connectivity index (χ0n) is 19.7. The number of nitrogens with zero attached hydrogens (tertiary/aromatic N) is 4. The molecule has 4 nitrogen and oxygen atoms in total. The van der Waals surface area contributed by atoms with Crippen molar-refractivity contribution in [1.29, 1.82) is 15.8 Å². The second kappa shape index (κ2) is 8.86. The van der Waals surface area contributed by atoms with E-state index in [1.165, 1.54) is 0 Å². The normalized spacial score (nSPS) is 10.6. The lowest BCUT2D eigenvalue weighted by Crippen LogP contribution is -1.94. The van der Waals surface area contributed by atoms with Crippen LogP contribution in [0.3, 0.4) is 0 Å². The molecular weight excluding hydrogens is 452 g/mol. The number of hydrogen-bond acceptors (Lipinski definition) is 3. The van der Waals surface area contributed by atoms with Crippen LogP contribution in [0, 0.1) is 34.0 Å². The van der Waals surface area contributed by atoms with Crippen LogP contribution in [-0.4, -0.2) is 4.57 Å². The molecule has 0 bridgehead atoms. The van der Waals surface area contributed by atoms with Crippen molar-refractivity contribution in [3.8, 4) is 46.1 Å². The van der Waals surface area contributed by atoms with Crippen LogP contribution < -0.4 is 0 Å². The van der Waals surface area contributed by atoms with Crippen molar-refractivity contribution in [2.45, 2.75) is 0 Å². The van der Waals surface area contributed by atoms with Gasteiger partial charge in [0.25, 0.3) is 0 Å². The van der Waals surface area contributed by atoms with Gasteiger partial charge in [0, 0.05) is 22.0 Å². The third-order valence-corrected chi connectivity index (χ3v) is 6.74. The van der Waals surface area contributed by atoms with E-state index in [-0.39, 0.29) is 0 Å². The van der Waals surface area contributed by atoms with Crippen LogP contribution in [0.2, 0.25) is 0 Å². The minimum atomic E-state index is 0.465. The van der Waals surface area contributed by atoms with Gasteiger partial charge in [-0.05, 0) is 59.2 Å². The Labute approximate surface area is 214 Å². The molecule has 0 aliphatic carbocycles. The lowest BCUT2D eigenvalue weighted by atomic mass is 9.91. The number of nitriles is 3. The van der Waals surface area contributed by atoms with Crippen LogP contribution in [0.15, 0.2) is 109 Å². The topological polar surface area (TPSA) is 76.3 Å². The Hall–Kier alpha value is -5.63. The van der Waals surface area contributed by atoms with E-state index in [1.54, 1.807) is 18.2 Å². The van der Waals surface area contributed by atoms with Crippen molar-refractivity contribution in [2.24, 2.45) is 0 Å². The van der Waals surface area contributed by atoms with E-state index in [0.29, 0.717) is 22.3 Å². The first kappa shape index (κ1) is 21.9. The zero-order valence-corrected chi connectivity index (χ0v) is 19.7. The molecule has 0 saturated heterocycles. The SMILES string of the molecule is N#Cc1ccccc1-c1ccc2c3c(-c4c(C#N)cccc4C#N)cccc3n(-c3ccccc3)c2c1. The first-order chi connectivity index (χ1) is 18.2. The summed E-state index contributed by atoms with van der Waals surface area (Å²) in [6.07, 6.45) is 0. The molecule has 4 heteroatoms. The Kier molecular flexibility index (Phi) is 5.24. The molecule has 6 rings (SSSR count). The minimum Gasteiger partial charge on any atom is -0.309 e. The van der Waals surface area contributed by atoms with E-state index in [2.05, 4.69) is 53.1 Å². The van der Waals surface area contributed by atoms with E-state index in [1.807, 2.05) is 60.7 Å². The Morgan fingerprint density at radius 1 is 0.514 bits per heavy atom. The summed E-state index contributed by atoms with van der Waals surface area (Å²) in [5.41, 5.74) is 7.80. The van der Waals surface area contributed by atoms with Crippen molar-refractivity contribution >= 4 is 21.8 Å². The van der Waals surface area contributed by atoms with Crippen LogP contribution in [0.1, 0.15) is 16.7 Å². The number of para-hydroxylation sites is 1. The largest absolute Gasteiger partial charge is 0.309 e. The van der Waals surface area contributed by atoms with Crippen LogP contribution in [0.4, 0.5) is 0 Å². The number of fused-ring (bicyclic) bond motifs is 3. The Balaban J connectivity index is 1.77. The van der Waals surface area contributed by atoms with E-state index < -0.39 is 0 Å². The maximum Gasteiger partial charge on any atom is 0.0998 e. The smallest absolute Gasteiger partial charge is 0.0998 e. The lowest BCUT2D eigenvalue weighted by molar-refractivity contribution is 1.18. The molecule has 1 heterocycles. The molecule has 0 unspecified atom stereocenters. The molecule has 0 fully saturated rings. The Bertz CT molecular complexity index is 1930. The molecule has 5 aromatic carbocycles. The van der Waals surface area contributed by atoms with Gasteiger partial charge in [-0.2, -0.15) is 15.8 Å². The molecule has 0 aliphatic rings. The van der Waals surface area contributed by atoms with Gasteiger partial charge in [0.15, 0.2) is 0 Å². The molecule has 0 amide bonds. The maximum absolute atomic E-state index is 9.89. The predicted molar refractivity (Wildman–Crippen MR) is 146 cm³/mol. The summed E-state index contributed by atoms with van der Waals surface area (Å²) in [5, 5.41) is 31.4. The van der Waals surface area contributed by atoms with Crippen LogP contribution in [-0.2, 0) is 0 Å². The third-order valence-electron chi connectivity index (χ3n) is 6.74. The van der Waals surface area contributed by atoms with Crippen molar-refractivity contribution in [3.05, 3.63) is 126 Å². The number of aromatic nitrogens is 1. The summed E-state index contributed by atoms with van der Waals surface area (Å²) in [4.78, 5) is 0. The summed E-state index contributed by atoms with van der Waals surface area (Å²) >= 11 is 0. The Morgan fingerprint density at radius 2 is 1.14 bits per heavy atom. The fourth-order valence-electron chi connectivity index (χ4n) is 5.16. The molecule has 0 spiro atoms. The van der Waals surface area contributed by atoms with Gasteiger partial charge in [-0.25, -0.2) is 0 Å². The zero-order chi connectivity index (χ0) is 25.4. The molecular formula is C33H18N4. The summed E-state index contributed by atoms with van der Waals surface area (Å²) in [6.45, 7) is 0. The summed E-state index contributed by atoms with van der Waals surface area (Å²) in [7, 11) is 0. The second-order valence-corrected chi connectivity index (χ2v) is 8.71. The van der Waals surface area contributed by atoms with Crippen LogP contribution >= 0.6 is 0 Å². The molecule has 0 saturated carbocycles. The number of rotatable bonds is 3. The van der Waals surface area contributed by atoms with Gasteiger partial charge in [0.2, 0.25) is 0 Å². The number of benzene rings is 5. The molecule has 0 atom stereocenters. The fraction of sp³-hybridized carbons (Fsp3) is 0. The summed E-state index contributed by atoms with van der Waals surface area (Å²) < 4.78 is 2.20. The first-order valence-electron chi connectivity index (χ1n) is 11.8. The van der Waals surface area contributed by atoms with Gasteiger partial charge in [-0.1, -0.05) is 66.7 Å². The van der Waals surface area contributed by atoms with Gasteiger partial charge < -0.3 is 4.57 Å². The average molecular weight is 471 g/mol. The monoisotopic (exact) mass is 470 g/mol. The fourth-order valence-corrected chi connectivity index (χ4v) is 5.16. The van der Waals surface area contributed by atoms with Gasteiger partial charge in [0.1, 0.15) is 0 Å². The molecule has 0 N–H and O–H groups in total. The number of hydrogen-bond donors (Lipinski definition) is 0. The minimum absolute atomic E-state index is 0.465. The summed E-state index contributed by atoms with van der Waals surface area (Å²) in [6, 6.07) is 42.0. The quantitative estimate of drug-likeness (QED) is 0.265. The molecule has 170 valence electrons. The van der Waals surface area contributed by atoms with Gasteiger partial charge >= 0.3 is 0 Å². The third kappa shape index (κ3) is 3.43. The molecule has 0 radical (unpaired) electrons. The van der Waals surface area contributed by atoms with Crippen molar-refractivity contribution in [2.75, 3.05) is 0 Å². The second-order valence-electron chi connectivity index (χ2n) is 8.71. The highest BCUT2D eigenvalue weighted by atomic mass is 15.0. The average Bonchev–Trinajstić information content (AvgIpc) is 3.31. The first-order valence-corrected chi connectivity index (χ1v) is 11.8. The highest BCUT2D eigenvalue weighted by Gasteiger charge is 2.20. The van der Waals surface area contributed by atoms with E-state index in [9.17, 15) is 15.8 Å². The molecule has 1 aromatic heterocycles. The van der Waals surface area contributed by atoms with Crippen LogP contribution in [0.5, 0.6) is 0 Å². The van der Waals surface area contributed by atoms with E-state index in [4.69, 9.17) is 0 Å². The van der Waals surface area contributed by atoms with Gasteiger partial charge in [0.05, 0.1) is 45.9 Å². The highest BCUT2D eigenvalue weighted by Crippen LogP contribution is 2.41. The molecule has 37 heavy (non-hydrogen) atoms. The van der Waals surface area contributed by atoms with Crippen molar-refractivity contribution in [3.63, 3.8) is 0 Å². The maximum atomic E-state index is 9.89. The molecule has 6 aromatic rings.